The van der Waals surface area contributed by atoms with Crippen LogP contribution in [-0.4, -0.2) is 36.2 Å². The first-order valence-electron chi connectivity index (χ1n) is 8.49. The van der Waals surface area contributed by atoms with E-state index >= 15 is 0 Å². The minimum atomic E-state index is -0.971. The van der Waals surface area contributed by atoms with Gasteiger partial charge in [-0.15, -0.1) is 0 Å². The molecular formula is C16H23N3O6S. The number of anilines is 1. The van der Waals surface area contributed by atoms with E-state index in [1.54, 1.807) is 0 Å². The highest BCUT2D eigenvalue weighted by atomic mass is 32.2. The highest BCUT2D eigenvalue weighted by Gasteiger charge is 2.33. The summed E-state index contributed by atoms with van der Waals surface area (Å²) in [6.07, 6.45) is 2.89. The maximum absolute atomic E-state index is 12.1. The fourth-order valence-corrected chi connectivity index (χ4v) is 4.79. The lowest BCUT2D eigenvalue weighted by molar-refractivity contribution is -0.392. The number of aliphatic hydroxyl groups excluding tert-OH is 1. The summed E-state index contributed by atoms with van der Waals surface area (Å²) in [4.78, 5) is 21.7. The van der Waals surface area contributed by atoms with Gasteiger partial charge in [-0.25, -0.2) is 0 Å². The summed E-state index contributed by atoms with van der Waals surface area (Å²) in [6.45, 7) is 2.79. The molecule has 1 saturated carbocycles. The SMILES string of the molecule is CCS(=O)C1CCCC(Nc2c([N+](=O)[O-])cc(CO)c(C)c2[N+](=O)[O-])C1. The van der Waals surface area contributed by atoms with Crippen LogP contribution in [0.3, 0.4) is 0 Å². The van der Waals surface area contributed by atoms with Gasteiger partial charge in [0.1, 0.15) is 0 Å². The Hall–Kier alpha value is -2.07. The lowest BCUT2D eigenvalue weighted by atomic mass is 9.94. The summed E-state index contributed by atoms with van der Waals surface area (Å²) in [7, 11) is -0.971. The standard InChI is InChI=1S/C16H23N3O6S/c1-3-26(25)13-6-4-5-12(8-13)17-15-14(18(21)22)7-11(9-20)10(2)16(15)19(23)24/h7,12-13,17,20H,3-6,8-9H2,1-2H3. The second-order valence-corrected chi connectivity index (χ2v) is 8.38. The van der Waals surface area contributed by atoms with Crippen molar-refractivity contribution < 1.29 is 19.2 Å². The van der Waals surface area contributed by atoms with E-state index in [-0.39, 0.29) is 33.8 Å². The van der Waals surface area contributed by atoms with Crippen molar-refractivity contribution in [1.29, 1.82) is 0 Å². The van der Waals surface area contributed by atoms with Gasteiger partial charge >= 0.3 is 5.69 Å². The number of nitro benzene ring substituents is 2. The number of benzene rings is 1. The van der Waals surface area contributed by atoms with Crippen LogP contribution in [0, 0.1) is 27.2 Å². The maximum atomic E-state index is 12.1. The van der Waals surface area contributed by atoms with E-state index in [2.05, 4.69) is 5.32 Å². The summed E-state index contributed by atoms with van der Waals surface area (Å²) >= 11 is 0. The number of nitrogens with one attached hydrogen (secondary N) is 1. The van der Waals surface area contributed by atoms with E-state index in [4.69, 9.17) is 0 Å². The lowest BCUT2D eigenvalue weighted by Gasteiger charge is -2.29. The van der Waals surface area contributed by atoms with Gasteiger partial charge in [0.05, 0.1) is 16.5 Å². The Morgan fingerprint density at radius 1 is 1.31 bits per heavy atom. The Morgan fingerprint density at radius 2 is 2.00 bits per heavy atom. The molecule has 0 aromatic heterocycles. The van der Waals surface area contributed by atoms with E-state index in [9.17, 15) is 29.5 Å². The highest BCUT2D eigenvalue weighted by Crippen LogP contribution is 2.41. The smallest absolute Gasteiger partial charge is 0.302 e. The molecule has 9 nitrogen and oxygen atoms in total. The van der Waals surface area contributed by atoms with Crippen molar-refractivity contribution >= 4 is 27.9 Å². The van der Waals surface area contributed by atoms with E-state index < -0.39 is 32.9 Å². The van der Waals surface area contributed by atoms with E-state index in [0.29, 0.717) is 18.6 Å². The molecule has 144 valence electrons. The van der Waals surface area contributed by atoms with Crippen LogP contribution in [0.5, 0.6) is 0 Å². The molecule has 2 rings (SSSR count). The molecule has 3 unspecified atom stereocenters. The first kappa shape index (κ1) is 20.2. The van der Waals surface area contributed by atoms with Gasteiger partial charge < -0.3 is 10.4 Å². The minimum absolute atomic E-state index is 0.0119. The number of hydrogen-bond acceptors (Lipinski definition) is 7. The third-order valence-electron chi connectivity index (χ3n) is 4.82. The van der Waals surface area contributed by atoms with Crippen molar-refractivity contribution in [2.45, 2.75) is 57.4 Å². The molecule has 3 atom stereocenters. The van der Waals surface area contributed by atoms with Crippen LogP contribution in [0.25, 0.3) is 0 Å². The Labute approximate surface area is 153 Å². The summed E-state index contributed by atoms with van der Waals surface area (Å²) in [5, 5.41) is 35.3. The van der Waals surface area contributed by atoms with Crippen molar-refractivity contribution in [2.75, 3.05) is 11.1 Å². The van der Waals surface area contributed by atoms with Crippen LogP contribution in [0.4, 0.5) is 17.1 Å². The van der Waals surface area contributed by atoms with Gasteiger partial charge in [-0.3, -0.25) is 24.4 Å². The van der Waals surface area contributed by atoms with Crippen molar-refractivity contribution in [3.63, 3.8) is 0 Å². The molecule has 0 saturated heterocycles. The Balaban J connectivity index is 2.44. The van der Waals surface area contributed by atoms with Gasteiger partial charge in [0.25, 0.3) is 5.69 Å². The van der Waals surface area contributed by atoms with Crippen molar-refractivity contribution in [3.05, 3.63) is 37.4 Å². The zero-order chi connectivity index (χ0) is 19.4. The van der Waals surface area contributed by atoms with Gasteiger partial charge in [0.2, 0.25) is 0 Å². The number of nitro groups is 2. The largest absolute Gasteiger partial charge is 0.392 e. The number of nitrogens with zero attached hydrogens (tertiary/aromatic N) is 2. The van der Waals surface area contributed by atoms with Crippen LogP contribution in [0.2, 0.25) is 0 Å². The summed E-state index contributed by atoms with van der Waals surface area (Å²) in [6, 6.07) is 0.954. The van der Waals surface area contributed by atoms with Gasteiger partial charge in [-0.2, -0.15) is 0 Å². The molecule has 0 amide bonds. The zero-order valence-electron chi connectivity index (χ0n) is 14.8. The van der Waals surface area contributed by atoms with Gasteiger partial charge in [0.15, 0.2) is 5.69 Å². The zero-order valence-corrected chi connectivity index (χ0v) is 15.6. The molecule has 0 bridgehead atoms. The van der Waals surface area contributed by atoms with Crippen LogP contribution in [0.15, 0.2) is 6.07 Å². The summed E-state index contributed by atoms with van der Waals surface area (Å²) in [5.74, 6) is 0.544. The predicted molar refractivity (Wildman–Crippen MR) is 98.8 cm³/mol. The molecular weight excluding hydrogens is 362 g/mol. The molecule has 0 radical (unpaired) electrons. The molecule has 1 aromatic carbocycles. The Bertz CT molecular complexity index is 739. The monoisotopic (exact) mass is 385 g/mol. The molecule has 2 N–H and O–H groups in total. The minimum Gasteiger partial charge on any atom is -0.392 e. The second kappa shape index (κ2) is 8.54. The predicted octanol–water partition coefficient (Wildman–Crippen LogP) is 2.80. The van der Waals surface area contributed by atoms with E-state index in [1.165, 1.54) is 13.0 Å². The second-order valence-electron chi connectivity index (χ2n) is 6.38. The average Bonchev–Trinajstić information content (AvgIpc) is 2.60. The van der Waals surface area contributed by atoms with Crippen LogP contribution < -0.4 is 5.32 Å². The van der Waals surface area contributed by atoms with Gasteiger partial charge in [0, 0.05) is 39.5 Å². The van der Waals surface area contributed by atoms with E-state index in [0.717, 1.165) is 12.8 Å². The molecule has 0 spiro atoms. The molecule has 1 aromatic rings. The van der Waals surface area contributed by atoms with Crippen LogP contribution in [0.1, 0.15) is 43.7 Å². The van der Waals surface area contributed by atoms with Crippen LogP contribution >= 0.6 is 0 Å². The maximum Gasteiger partial charge on any atom is 0.302 e. The molecule has 0 aliphatic heterocycles. The van der Waals surface area contributed by atoms with Gasteiger partial charge in [-0.1, -0.05) is 13.3 Å². The quantitative estimate of drug-likeness (QED) is 0.544. The van der Waals surface area contributed by atoms with Crippen molar-refractivity contribution in [1.82, 2.24) is 0 Å². The summed E-state index contributed by atoms with van der Waals surface area (Å²) < 4.78 is 12.1. The normalized spacial score (nSPS) is 21.2. The first-order valence-corrected chi connectivity index (χ1v) is 9.88. The molecule has 0 heterocycles. The molecule has 10 heteroatoms. The lowest BCUT2D eigenvalue weighted by Crippen LogP contribution is -2.33. The molecule has 1 fully saturated rings. The number of aliphatic hydroxyl groups is 1. The van der Waals surface area contributed by atoms with Gasteiger partial charge in [-0.05, 0) is 31.7 Å². The third-order valence-corrected chi connectivity index (χ3v) is 6.56. The Morgan fingerprint density at radius 3 is 2.54 bits per heavy atom. The summed E-state index contributed by atoms with van der Waals surface area (Å²) in [5.41, 5.74) is -0.590. The van der Waals surface area contributed by atoms with Crippen molar-refractivity contribution in [3.8, 4) is 0 Å². The topological polar surface area (TPSA) is 136 Å². The fraction of sp³-hybridized carbons (Fsp3) is 0.625. The molecule has 1 aliphatic carbocycles. The van der Waals surface area contributed by atoms with Crippen molar-refractivity contribution in [2.24, 2.45) is 0 Å². The molecule has 1 aliphatic rings. The first-order chi connectivity index (χ1) is 12.3. The van der Waals surface area contributed by atoms with E-state index in [1.807, 2.05) is 6.92 Å². The number of hydrogen-bond donors (Lipinski definition) is 2. The Kier molecular flexibility index (Phi) is 6.65. The third kappa shape index (κ3) is 4.18. The van der Waals surface area contributed by atoms with Crippen LogP contribution in [-0.2, 0) is 17.4 Å². The fourth-order valence-electron chi connectivity index (χ4n) is 3.44. The highest BCUT2D eigenvalue weighted by molar-refractivity contribution is 7.85. The average molecular weight is 385 g/mol. The molecule has 26 heavy (non-hydrogen) atoms. The number of rotatable bonds is 7.